The highest BCUT2D eigenvalue weighted by atomic mass is 16.5. The number of ether oxygens (including phenoxy) is 1. The fraction of sp³-hybridized carbons (Fsp3) is 0.316. The molecule has 2 rings (SSSR count). The summed E-state index contributed by atoms with van der Waals surface area (Å²) in [7, 11) is 0. The molecule has 110 valence electrons. The van der Waals surface area contributed by atoms with E-state index in [1.807, 2.05) is 24.3 Å². The zero-order valence-corrected chi connectivity index (χ0v) is 12.8. The van der Waals surface area contributed by atoms with Crippen LogP contribution in [0, 0.1) is 6.92 Å². The molecule has 0 atom stereocenters. The first-order valence-electron chi connectivity index (χ1n) is 7.50. The van der Waals surface area contributed by atoms with Gasteiger partial charge in [0.05, 0.1) is 6.61 Å². The molecule has 0 aliphatic rings. The first kappa shape index (κ1) is 15.3. The van der Waals surface area contributed by atoms with Gasteiger partial charge in [-0.25, -0.2) is 0 Å². The van der Waals surface area contributed by atoms with E-state index in [0.29, 0.717) is 13.0 Å². The molecule has 0 saturated carbocycles. The molecule has 0 bridgehead atoms. The first-order valence-corrected chi connectivity index (χ1v) is 7.50. The third kappa shape index (κ3) is 4.75. The number of Topliss-reactive ketones (excluding diaryl/α,β-unsaturated/α-hetero) is 1. The van der Waals surface area contributed by atoms with Crippen LogP contribution in [-0.4, -0.2) is 12.4 Å². The minimum Gasteiger partial charge on any atom is -0.494 e. The standard InChI is InChI=1S/C19H22O2/c1-3-14-21-18-11-9-17(10-12-18)19(20)13-8-16-6-4-15(2)5-7-16/h4-7,9-12H,3,8,13-14H2,1-2H3. The Morgan fingerprint density at radius 2 is 1.67 bits per heavy atom. The zero-order valence-electron chi connectivity index (χ0n) is 12.8. The molecule has 0 fully saturated rings. The molecule has 2 aromatic rings. The smallest absolute Gasteiger partial charge is 0.163 e. The number of carbonyl (C=O) groups is 1. The van der Waals surface area contributed by atoms with Gasteiger partial charge < -0.3 is 4.74 Å². The van der Waals surface area contributed by atoms with Crippen LogP contribution in [0.3, 0.4) is 0 Å². The highest BCUT2D eigenvalue weighted by molar-refractivity contribution is 5.96. The minimum atomic E-state index is 0.178. The number of hydrogen-bond donors (Lipinski definition) is 0. The number of hydrogen-bond acceptors (Lipinski definition) is 2. The molecule has 2 aromatic carbocycles. The van der Waals surface area contributed by atoms with E-state index in [0.717, 1.165) is 24.2 Å². The van der Waals surface area contributed by atoms with E-state index < -0.39 is 0 Å². The van der Waals surface area contributed by atoms with Crippen LogP contribution in [-0.2, 0) is 6.42 Å². The van der Waals surface area contributed by atoms with E-state index in [9.17, 15) is 4.79 Å². The Kier molecular flexibility index (Phi) is 5.56. The lowest BCUT2D eigenvalue weighted by atomic mass is 10.0. The Balaban J connectivity index is 1.89. The Morgan fingerprint density at radius 1 is 1.00 bits per heavy atom. The number of rotatable bonds is 7. The molecular weight excluding hydrogens is 260 g/mol. The van der Waals surface area contributed by atoms with Crippen molar-refractivity contribution in [2.45, 2.75) is 33.1 Å². The third-order valence-electron chi connectivity index (χ3n) is 3.41. The fourth-order valence-electron chi connectivity index (χ4n) is 2.11. The highest BCUT2D eigenvalue weighted by Gasteiger charge is 2.06. The Bertz CT molecular complexity index is 568. The van der Waals surface area contributed by atoms with Gasteiger partial charge in [0.2, 0.25) is 0 Å². The van der Waals surface area contributed by atoms with Crippen LogP contribution in [0.15, 0.2) is 48.5 Å². The van der Waals surface area contributed by atoms with E-state index in [2.05, 4.69) is 38.1 Å². The summed E-state index contributed by atoms with van der Waals surface area (Å²) < 4.78 is 5.52. The van der Waals surface area contributed by atoms with Gasteiger partial charge in [-0.1, -0.05) is 36.8 Å². The lowest BCUT2D eigenvalue weighted by molar-refractivity contribution is 0.0983. The lowest BCUT2D eigenvalue weighted by Crippen LogP contribution is -2.02. The predicted molar refractivity (Wildman–Crippen MR) is 86.1 cm³/mol. The van der Waals surface area contributed by atoms with Crippen molar-refractivity contribution in [1.29, 1.82) is 0 Å². The second-order valence-electron chi connectivity index (χ2n) is 5.28. The molecule has 0 aliphatic carbocycles. The van der Waals surface area contributed by atoms with Crippen LogP contribution in [0.1, 0.15) is 41.3 Å². The summed E-state index contributed by atoms with van der Waals surface area (Å²) in [5, 5.41) is 0. The minimum absolute atomic E-state index is 0.178. The van der Waals surface area contributed by atoms with Crippen molar-refractivity contribution in [3.63, 3.8) is 0 Å². The van der Waals surface area contributed by atoms with Gasteiger partial charge in [0.15, 0.2) is 5.78 Å². The summed E-state index contributed by atoms with van der Waals surface area (Å²) in [5.74, 6) is 1.00. The first-order chi connectivity index (χ1) is 10.2. The van der Waals surface area contributed by atoms with Crippen LogP contribution in [0.25, 0.3) is 0 Å². The normalized spacial score (nSPS) is 10.4. The predicted octanol–water partition coefficient (Wildman–Crippen LogP) is 4.60. The molecule has 0 aliphatic heterocycles. The molecule has 21 heavy (non-hydrogen) atoms. The van der Waals surface area contributed by atoms with Crippen molar-refractivity contribution < 1.29 is 9.53 Å². The number of carbonyl (C=O) groups excluding carboxylic acids is 1. The van der Waals surface area contributed by atoms with E-state index >= 15 is 0 Å². The second-order valence-corrected chi connectivity index (χ2v) is 5.28. The molecule has 0 radical (unpaired) electrons. The maximum atomic E-state index is 12.2. The van der Waals surface area contributed by atoms with Gasteiger partial charge in [-0.05, 0) is 49.6 Å². The maximum absolute atomic E-state index is 12.2. The van der Waals surface area contributed by atoms with Gasteiger partial charge in [-0.3, -0.25) is 4.79 Å². The average molecular weight is 282 g/mol. The van der Waals surface area contributed by atoms with E-state index in [4.69, 9.17) is 4.74 Å². The number of benzene rings is 2. The lowest BCUT2D eigenvalue weighted by Gasteiger charge is -2.06. The highest BCUT2D eigenvalue weighted by Crippen LogP contribution is 2.15. The quantitative estimate of drug-likeness (QED) is 0.694. The fourth-order valence-corrected chi connectivity index (χ4v) is 2.11. The zero-order chi connectivity index (χ0) is 15.1. The monoisotopic (exact) mass is 282 g/mol. The van der Waals surface area contributed by atoms with Gasteiger partial charge in [-0.15, -0.1) is 0 Å². The molecule has 0 amide bonds. The van der Waals surface area contributed by atoms with Crippen LogP contribution >= 0.6 is 0 Å². The molecule has 0 N–H and O–H groups in total. The molecule has 0 unspecified atom stereocenters. The van der Waals surface area contributed by atoms with Gasteiger partial charge in [-0.2, -0.15) is 0 Å². The Hall–Kier alpha value is -2.09. The van der Waals surface area contributed by atoms with E-state index in [1.165, 1.54) is 11.1 Å². The van der Waals surface area contributed by atoms with Crippen LogP contribution in [0.4, 0.5) is 0 Å². The summed E-state index contributed by atoms with van der Waals surface area (Å²) in [5.41, 5.74) is 3.20. The maximum Gasteiger partial charge on any atom is 0.163 e. The third-order valence-corrected chi connectivity index (χ3v) is 3.41. The number of aryl methyl sites for hydroxylation is 2. The summed E-state index contributed by atoms with van der Waals surface area (Å²) in [6, 6.07) is 15.8. The molecule has 0 spiro atoms. The largest absolute Gasteiger partial charge is 0.494 e. The molecular formula is C19H22O2. The van der Waals surface area contributed by atoms with E-state index in [1.54, 1.807) is 0 Å². The Morgan fingerprint density at radius 3 is 2.29 bits per heavy atom. The molecule has 2 heteroatoms. The van der Waals surface area contributed by atoms with Crippen molar-refractivity contribution in [2.75, 3.05) is 6.61 Å². The average Bonchev–Trinajstić information content (AvgIpc) is 2.52. The summed E-state index contributed by atoms with van der Waals surface area (Å²) >= 11 is 0. The van der Waals surface area contributed by atoms with Crippen molar-refractivity contribution in [3.05, 3.63) is 65.2 Å². The molecule has 0 saturated heterocycles. The van der Waals surface area contributed by atoms with Gasteiger partial charge >= 0.3 is 0 Å². The summed E-state index contributed by atoms with van der Waals surface area (Å²) in [6.07, 6.45) is 2.31. The van der Waals surface area contributed by atoms with Crippen LogP contribution in [0.2, 0.25) is 0 Å². The Labute approximate surface area is 126 Å². The molecule has 0 aromatic heterocycles. The van der Waals surface area contributed by atoms with Gasteiger partial charge in [0.1, 0.15) is 5.75 Å². The topological polar surface area (TPSA) is 26.3 Å². The van der Waals surface area contributed by atoms with Crippen molar-refractivity contribution >= 4 is 5.78 Å². The van der Waals surface area contributed by atoms with Crippen LogP contribution in [0.5, 0.6) is 5.75 Å². The van der Waals surface area contributed by atoms with Crippen molar-refractivity contribution in [1.82, 2.24) is 0 Å². The summed E-state index contributed by atoms with van der Waals surface area (Å²) in [6.45, 7) is 4.85. The molecule has 2 nitrogen and oxygen atoms in total. The summed E-state index contributed by atoms with van der Waals surface area (Å²) in [4.78, 5) is 12.2. The van der Waals surface area contributed by atoms with E-state index in [-0.39, 0.29) is 5.78 Å². The number of ketones is 1. The van der Waals surface area contributed by atoms with Crippen molar-refractivity contribution in [2.24, 2.45) is 0 Å². The van der Waals surface area contributed by atoms with Crippen LogP contribution < -0.4 is 4.74 Å². The second kappa shape index (κ2) is 7.63. The SMILES string of the molecule is CCCOc1ccc(C(=O)CCc2ccc(C)cc2)cc1. The van der Waals surface area contributed by atoms with Gasteiger partial charge in [0.25, 0.3) is 0 Å². The van der Waals surface area contributed by atoms with Gasteiger partial charge in [0, 0.05) is 12.0 Å². The van der Waals surface area contributed by atoms with Crippen molar-refractivity contribution in [3.8, 4) is 5.75 Å². The molecule has 0 heterocycles.